The Kier molecular flexibility index (Phi) is 4.37. The summed E-state index contributed by atoms with van der Waals surface area (Å²) in [6, 6.07) is 5.17. The van der Waals surface area contributed by atoms with Crippen LogP contribution >= 0.6 is 0 Å². The number of aromatic nitrogens is 1. The van der Waals surface area contributed by atoms with Crippen molar-refractivity contribution in [3.8, 4) is 6.07 Å². The standard InChI is InChI=1S/C19H18F3N3O2/c1-17(2)10-18(8-12(9-23)15(17)26)6-7-25(11-18)16(27)13-4-3-5-14(24-13)19(20,21)22/h3-5,8H,6-7,10-11H2,1-2H3/t18-/m0/s1. The van der Waals surface area contributed by atoms with E-state index in [2.05, 4.69) is 4.98 Å². The number of hydrogen-bond donors (Lipinski definition) is 0. The second kappa shape index (κ2) is 6.19. The van der Waals surface area contributed by atoms with E-state index in [9.17, 15) is 28.0 Å². The molecule has 1 aromatic rings. The molecule has 2 heterocycles. The van der Waals surface area contributed by atoms with E-state index >= 15 is 0 Å². The van der Waals surface area contributed by atoms with E-state index in [0.29, 0.717) is 19.4 Å². The Balaban J connectivity index is 1.86. The Morgan fingerprint density at radius 3 is 2.67 bits per heavy atom. The average molecular weight is 377 g/mol. The number of likely N-dealkylation sites (tertiary alicyclic amines) is 1. The molecule has 1 aliphatic heterocycles. The predicted octanol–water partition coefficient (Wildman–Crippen LogP) is 3.38. The molecule has 142 valence electrons. The van der Waals surface area contributed by atoms with Gasteiger partial charge in [-0.15, -0.1) is 0 Å². The number of halogens is 3. The first-order valence-corrected chi connectivity index (χ1v) is 8.49. The zero-order valence-corrected chi connectivity index (χ0v) is 14.9. The Labute approximate surface area is 154 Å². The van der Waals surface area contributed by atoms with Crippen molar-refractivity contribution in [2.45, 2.75) is 32.9 Å². The summed E-state index contributed by atoms with van der Waals surface area (Å²) in [5.41, 5.74) is -2.55. The van der Waals surface area contributed by atoms with Crippen molar-refractivity contribution in [2.24, 2.45) is 10.8 Å². The lowest BCUT2D eigenvalue weighted by Gasteiger charge is -2.38. The molecule has 1 amide bonds. The summed E-state index contributed by atoms with van der Waals surface area (Å²) >= 11 is 0. The molecule has 1 aromatic heterocycles. The summed E-state index contributed by atoms with van der Waals surface area (Å²) in [7, 11) is 0. The number of rotatable bonds is 1. The van der Waals surface area contributed by atoms with Crippen molar-refractivity contribution < 1.29 is 22.8 Å². The van der Waals surface area contributed by atoms with Crippen LogP contribution in [-0.2, 0) is 11.0 Å². The number of alkyl halides is 3. The second-order valence-electron chi connectivity index (χ2n) is 7.80. The van der Waals surface area contributed by atoms with Crippen LogP contribution in [0.2, 0.25) is 0 Å². The van der Waals surface area contributed by atoms with E-state index in [4.69, 9.17) is 0 Å². The van der Waals surface area contributed by atoms with Gasteiger partial charge in [-0.25, -0.2) is 4.98 Å². The Morgan fingerprint density at radius 1 is 1.33 bits per heavy atom. The van der Waals surface area contributed by atoms with E-state index in [1.165, 1.54) is 11.0 Å². The highest BCUT2D eigenvalue weighted by Gasteiger charge is 2.49. The summed E-state index contributed by atoms with van der Waals surface area (Å²) in [5.74, 6) is -0.806. The molecule has 3 rings (SSSR count). The maximum Gasteiger partial charge on any atom is 0.433 e. The molecule has 0 N–H and O–H groups in total. The number of carbonyl (C=O) groups excluding carboxylic acids is 2. The van der Waals surface area contributed by atoms with E-state index in [-0.39, 0.29) is 23.6 Å². The Hall–Kier alpha value is -2.69. The van der Waals surface area contributed by atoms with Gasteiger partial charge >= 0.3 is 6.18 Å². The van der Waals surface area contributed by atoms with Gasteiger partial charge in [0.25, 0.3) is 5.91 Å². The van der Waals surface area contributed by atoms with Crippen LogP contribution in [0.25, 0.3) is 0 Å². The number of allylic oxidation sites excluding steroid dienone is 1. The van der Waals surface area contributed by atoms with Gasteiger partial charge in [0.1, 0.15) is 17.5 Å². The summed E-state index contributed by atoms with van der Waals surface area (Å²) in [6.45, 7) is 4.10. The average Bonchev–Trinajstić information content (AvgIpc) is 2.99. The third-order valence-corrected chi connectivity index (χ3v) is 5.16. The number of Topliss-reactive ketones (excluding diaryl/α,β-unsaturated/α-hetero) is 1. The molecule has 1 saturated heterocycles. The lowest BCUT2D eigenvalue weighted by Crippen LogP contribution is -2.41. The third kappa shape index (κ3) is 3.46. The van der Waals surface area contributed by atoms with Gasteiger partial charge in [-0.05, 0) is 25.0 Å². The van der Waals surface area contributed by atoms with E-state index in [1.54, 1.807) is 19.9 Å². The highest BCUT2D eigenvalue weighted by atomic mass is 19.4. The third-order valence-electron chi connectivity index (χ3n) is 5.16. The van der Waals surface area contributed by atoms with Gasteiger partial charge in [0.05, 0.1) is 5.57 Å². The summed E-state index contributed by atoms with van der Waals surface area (Å²) < 4.78 is 38.5. The zero-order chi connectivity index (χ0) is 20.0. The van der Waals surface area contributed by atoms with E-state index in [1.807, 2.05) is 6.07 Å². The number of nitriles is 1. The molecule has 2 aliphatic rings. The summed E-state index contributed by atoms with van der Waals surface area (Å²) in [4.78, 5) is 29.9. The number of pyridine rings is 1. The summed E-state index contributed by atoms with van der Waals surface area (Å²) in [6.07, 6.45) is -1.97. The molecule has 0 radical (unpaired) electrons. The fourth-order valence-corrected chi connectivity index (χ4v) is 4.04. The summed E-state index contributed by atoms with van der Waals surface area (Å²) in [5, 5.41) is 9.26. The highest BCUT2D eigenvalue weighted by Crippen LogP contribution is 2.48. The fraction of sp³-hybridized carbons (Fsp3) is 0.474. The first-order chi connectivity index (χ1) is 12.5. The van der Waals surface area contributed by atoms with Crippen molar-refractivity contribution in [1.82, 2.24) is 9.88 Å². The maximum absolute atomic E-state index is 12.8. The first kappa shape index (κ1) is 19.1. The van der Waals surface area contributed by atoms with Gasteiger partial charge in [0, 0.05) is 23.9 Å². The molecule has 5 nitrogen and oxygen atoms in total. The van der Waals surface area contributed by atoms with E-state index < -0.39 is 28.6 Å². The molecular weight excluding hydrogens is 359 g/mol. The van der Waals surface area contributed by atoms with Crippen LogP contribution in [0.1, 0.15) is 42.9 Å². The van der Waals surface area contributed by atoms with Crippen molar-refractivity contribution >= 4 is 11.7 Å². The molecule has 1 fully saturated rings. The number of ketones is 1. The van der Waals surface area contributed by atoms with Crippen LogP contribution in [0.5, 0.6) is 0 Å². The van der Waals surface area contributed by atoms with Crippen LogP contribution in [0.3, 0.4) is 0 Å². The molecule has 1 atom stereocenters. The Bertz CT molecular complexity index is 883. The van der Waals surface area contributed by atoms with E-state index in [0.717, 1.165) is 12.1 Å². The van der Waals surface area contributed by atoms with Gasteiger partial charge in [-0.2, -0.15) is 18.4 Å². The lowest BCUT2D eigenvalue weighted by molar-refractivity contribution is -0.141. The lowest BCUT2D eigenvalue weighted by atomic mass is 9.64. The molecular formula is C19H18F3N3O2. The smallest absolute Gasteiger partial charge is 0.336 e. The van der Waals surface area contributed by atoms with Gasteiger partial charge in [0.15, 0.2) is 5.78 Å². The molecule has 0 saturated carbocycles. The zero-order valence-electron chi connectivity index (χ0n) is 14.9. The normalized spacial score (nSPS) is 24.7. The number of amides is 1. The molecule has 27 heavy (non-hydrogen) atoms. The van der Waals surface area contributed by atoms with Crippen LogP contribution < -0.4 is 0 Å². The van der Waals surface area contributed by atoms with Crippen LogP contribution in [-0.4, -0.2) is 34.7 Å². The molecule has 0 bridgehead atoms. The molecule has 8 heteroatoms. The van der Waals surface area contributed by atoms with Crippen LogP contribution in [0.15, 0.2) is 29.8 Å². The molecule has 0 aromatic carbocycles. The van der Waals surface area contributed by atoms with Crippen LogP contribution in [0.4, 0.5) is 13.2 Å². The second-order valence-corrected chi connectivity index (χ2v) is 7.80. The minimum atomic E-state index is -4.62. The minimum absolute atomic E-state index is 0.0812. The van der Waals surface area contributed by atoms with Crippen molar-refractivity contribution in [3.05, 3.63) is 41.2 Å². The molecule has 1 spiro atoms. The Morgan fingerprint density at radius 2 is 2.04 bits per heavy atom. The van der Waals surface area contributed by atoms with Gasteiger partial charge in [-0.1, -0.05) is 26.0 Å². The monoisotopic (exact) mass is 377 g/mol. The minimum Gasteiger partial charge on any atom is -0.336 e. The van der Waals surface area contributed by atoms with Gasteiger partial charge in [-0.3, -0.25) is 9.59 Å². The topological polar surface area (TPSA) is 74.1 Å². The highest BCUT2D eigenvalue weighted by molar-refractivity contribution is 6.03. The number of carbonyl (C=O) groups is 2. The van der Waals surface area contributed by atoms with Crippen LogP contribution in [0, 0.1) is 22.2 Å². The predicted molar refractivity (Wildman–Crippen MR) is 89.3 cm³/mol. The fourth-order valence-electron chi connectivity index (χ4n) is 4.04. The number of hydrogen-bond acceptors (Lipinski definition) is 4. The van der Waals surface area contributed by atoms with Crippen molar-refractivity contribution in [3.63, 3.8) is 0 Å². The van der Waals surface area contributed by atoms with Crippen molar-refractivity contribution in [1.29, 1.82) is 5.26 Å². The number of nitrogens with zero attached hydrogens (tertiary/aromatic N) is 3. The first-order valence-electron chi connectivity index (χ1n) is 8.49. The van der Waals surface area contributed by atoms with Crippen molar-refractivity contribution in [2.75, 3.05) is 13.1 Å². The SMILES string of the molecule is CC1(C)C[C@@]2(C=C(C#N)C1=O)CCN(C(=O)c1cccc(C(F)(F)F)n1)C2. The maximum atomic E-state index is 12.8. The molecule has 1 aliphatic carbocycles. The van der Waals surface area contributed by atoms with Gasteiger partial charge in [0.2, 0.25) is 0 Å². The largest absolute Gasteiger partial charge is 0.433 e. The van der Waals surface area contributed by atoms with Gasteiger partial charge < -0.3 is 4.90 Å². The molecule has 0 unspecified atom stereocenters. The quantitative estimate of drug-likeness (QED) is 0.752.